The van der Waals surface area contributed by atoms with Gasteiger partial charge < -0.3 is 10.6 Å². The summed E-state index contributed by atoms with van der Waals surface area (Å²) in [4.78, 5) is 16.3. The summed E-state index contributed by atoms with van der Waals surface area (Å²) >= 11 is 3.39. The van der Waals surface area contributed by atoms with Crippen LogP contribution < -0.4 is 10.6 Å². The van der Waals surface area contributed by atoms with Gasteiger partial charge in [-0.15, -0.1) is 0 Å². The first-order valence-electron chi connectivity index (χ1n) is 5.82. The van der Waals surface area contributed by atoms with Gasteiger partial charge in [-0.05, 0) is 42.8 Å². The zero-order valence-electron chi connectivity index (χ0n) is 10.7. The lowest BCUT2D eigenvalue weighted by atomic mass is 10.2. The van der Waals surface area contributed by atoms with E-state index in [-0.39, 0.29) is 5.91 Å². The van der Waals surface area contributed by atoms with Gasteiger partial charge in [-0.3, -0.25) is 4.79 Å². The van der Waals surface area contributed by atoms with Crippen LogP contribution in [-0.4, -0.2) is 17.9 Å². The molecule has 1 aromatic heterocycles. The van der Waals surface area contributed by atoms with Crippen LogP contribution >= 0.6 is 15.9 Å². The monoisotopic (exact) mass is 319 g/mol. The largest absolute Gasteiger partial charge is 0.373 e. The van der Waals surface area contributed by atoms with Crippen LogP contribution in [0.5, 0.6) is 0 Å². The molecule has 1 aromatic carbocycles. The first-order valence-corrected chi connectivity index (χ1v) is 6.62. The van der Waals surface area contributed by atoms with Crippen LogP contribution in [-0.2, 0) is 0 Å². The number of carbonyl (C=O) groups is 1. The molecular formula is C14H14BrN3O. The average Bonchev–Trinajstić information content (AvgIpc) is 2.42. The molecule has 0 fully saturated rings. The maximum absolute atomic E-state index is 12.1. The zero-order chi connectivity index (χ0) is 13.8. The fourth-order valence-electron chi connectivity index (χ4n) is 1.65. The summed E-state index contributed by atoms with van der Waals surface area (Å²) in [5, 5.41) is 5.76. The van der Waals surface area contributed by atoms with Crippen molar-refractivity contribution in [2.45, 2.75) is 6.92 Å². The molecule has 0 aliphatic heterocycles. The van der Waals surface area contributed by atoms with E-state index < -0.39 is 0 Å². The minimum atomic E-state index is -0.220. The molecule has 0 unspecified atom stereocenters. The standard InChI is InChI=1S/C14H14BrN3O/c1-9-8-10(15)6-7-11(9)18-14(19)12-4-3-5-13(16-2)17-12/h3-8H,1-2H3,(H,16,17)(H,18,19). The van der Waals surface area contributed by atoms with Gasteiger partial charge in [-0.25, -0.2) is 4.98 Å². The first-order chi connectivity index (χ1) is 9.10. The number of aromatic nitrogens is 1. The molecular weight excluding hydrogens is 306 g/mol. The van der Waals surface area contributed by atoms with E-state index in [0.29, 0.717) is 11.5 Å². The van der Waals surface area contributed by atoms with Crippen molar-refractivity contribution < 1.29 is 4.79 Å². The van der Waals surface area contributed by atoms with E-state index in [9.17, 15) is 4.79 Å². The summed E-state index contributed by atoms with van der Waals surface area (Å²) in [6.07, 6.45) is 0. The number of anilines is 2. The number of nitrogens with one attached hydrogen (secondary N) is 2. The van der Waals surface area contributed by atoms with Crippen molar-refractivity contribution >= 4 is 33.3 Å². The molecule has 4 nitrogen and oxygen atoms in total. The number of aryl methyl sites for hydroxylation is 1. The molecule has 0 aliphatic carbocycles. The lowest BCUT2D eigenvalue weighted by molar-refractivity contribution is 0.102. The molecule has 2 aromatic rings. The summed E-state index contributed by atoms with van der Waals surface area (Å²) < 4.78 is 0.985. The highest BCUT2D eigenvalue weighted by Gasteiger charge is 2.09. The first kappa shape index (κ1) is 13.5. The predicted octanol–water partition coefficient (Wildman–Crippen LogP) is 3.45. The number of rotatable bonds is 3. The van der Waals surface area contributed by atoms with E-state index in [0.717, 1.165) is 15.7 Å². The maximum Gasteiger partial charge on any atom is 0.274 e. The Balaban J connectivity index is 2.20. The summed E-state index contributed by atoms with van der Waals surface area (Å²) in [6, 6.07) is 11.0. The topological polar surface area (TPSA) is 54.0 Å². The van der Waals surface area contributed by atoms with Gasteiger partial charge in [-0.2, -0.15) is 0 Å². The van der Waals surface area contributed by atoms with Crippen molar-refractivity contribution in [2.24, 2.45) is 0 Å². The fourth-order valence-corrected chi connectivity index (χ4v) is 2.13. The van der Waals surface area contributed by atoms with Crippen molar-refractivity contribution in [2.75, 3.05) is 17.7 Å². The Labute approximate surface area is 120 Å². The molecule has 0 spiro atoms. The van der Waals surface area contributed by atoms with E-state index in [4.69, 9.17) is 0 Å². The molecule has 5 heteroatoms. The normalized spacial score (nSPS) is 10.1. The van der Waals surface area contributed by atoms with Gasteiger partial charge in [0.1, 0.15) is 11.5 Å². The minimum Gasteiger partial charge on any atom is -0.373 e. The maximum atomic E-state index is 12.1. The highest BCUT2D eigenvalue weighted by molar-refractivity contribution is 9.10. The predicted molar refractivity (Wildman–Crippen MR) is 80.6 cm³/mol. The number of amides is 1. The summed E-state index contributed by atoms with van der Waals surface area (Å²) in [5.74, 6) is 0.447. The Morgan fingerprint density at radius 1 is 1.26 bits per heavy atom. The second kappa shape index (κ2) is 5.84. The van der Waals surface area contributed by atoms with Crippen LogP contribution in [0.4, 0.5) is 11.5 Å². The highest BCUT2D eigenvalue weighted by atomic mass is 79.9. The smallest absolute Gasteiger partial charge is 0.274 e. The van der Waals surface area contributed by atoms with Crippen LogP contribution in [0, 0.1) is 6.92 Å². The van der Waals surface area contributed by atoms with Crippen LogP contribution in [0.15, 0.2) is 40.9 Å². The number of pyridine rings is 1. The number of nitrogens with zero attached hydrogens (tertiary/aromatic N) is 1. The number of carbonyl (C=O) groups excluding carboxylic acids is 1. The molecule has 1 amide bonds. The quantitative estimate of drug-likeness (QED) is 0.911. The molecule has 98 valence electrons. The number of benzene rings is 1. The summed E-state index contributed by atoms with van der Waals surface area (Å²) in [6.45, 7) is 1.94. The summed E-state index contributed by atoms with van der Waals surface area (Å²) in [7, 11) is 1.77. The van der Waals surface area contributed by atoms with Gasteiger partial charge in [-0.1, -0.05) is 22.0 Å². The van der Waals surface area contributed by atoms with Crippen molar-refractivity contribution in [3.8, 4) is 0 Å². The molecule has 1 heterocycles. The number of hydrogen-bond acceptors (Lipinski definition) is 3. The highest BCUT2D eigenvalue weighted by Crippen LogP contribution is 2.20. The third kappa shape index (κ3) is 3.32. The Morgan fingerprint density at radius 2 is 2.05 bits per heavy atom. The van der Waals surface area contributed by atoms with E-state index >= 15 is 0 Å². The van der Waals surface area contributed by atoms with Gasteiger partial charge in [0.15, 0.2) is 0 Å². The van der Waals surface area contributed by atoms with Gasteiger partial charge >= 0.3 is 0 Å². The molecule has 2 rings (SSSR count). The molecule has 0 saturated carbocycles. The minimum absolute atomic E-state index is 0.220. The van der Waals surface area contributed by atoms with Gasteiger partial charge in [0.05, 0.1) is 0 Å². The molecule has 19 heavy (non-hydrogen) atoms. The van der Waals surface area contributed by atoms with Crippen LogP contribution in [0.25, 0.3) is 0 Å². The van der Waals surface area contributed by atoms with Crippen molar-refractivity contribution in [1.82, 2.24) is 4.98 Å². The SMILES string of the molecule is CNc1cccc(C(=O)Nc2ccc(Br)cc2C)n1. The molecule has 0 bridgehead atoms. The third-order valence-electron chi connectivity index (χ3n) is 2.67. The van der Waals surface area contributed by atoms with Gasteiger partial charge in [0.2, 0.25) is 0 Å². The lowest BCUT2D eigenvalue weighted by Gasteiger charge is -2.09. The van der Waals surface area contributed by atoms with Gasteiger partial charge in [0, 0.05) is 17.2 Å². The Morgan fingerprint density at radius 3 is 2.74 bits per heavy atom. The van der Waals surface area contributed by atoms with E-state index in [1.807, 2.05) is 31.2 Å². The lowest BCUT2D eigenvalue weighted by Crippen LogP contribution is -2.14. The molecule has 0 radical (unpaired) electrons. The van der Waals surface area contributed by atoms with Gasteiger partial charge in [0.25, 0.3) is 5.91 Å². The van der Waals surface area contributed by atoms with Crippen molar-refractivity contribution in [3.05, 3.63) is 52.1 Å². The Kier molecular flexibility index (Phi) is 4.16. The fraction of sp³-hybridized carbons (Fsp3) is 0.143. The molecule has 0 aliphatic rings. The Hall–Kier alpha value is -1.88. The van der Waals surface area contributed by atoms with E-state index in [1.54, 1.807) is 19.2 Å². The molecule has 0 saturated heterocycles. The van der Waals surface area contributed by atoms with Crippen molar-refractivity contribution in [1.29, 1.82) is 0 Å². The Bertz CT molecular complexity index is 613. The second-order valence-electron chi connectivity index (χ2n) is 4.07. The van der Waals surface area contributed by atoms with Crippen LogP contribution in [0.1, 0.15) is 16.1 Å². The second-order valence-corrected chi connectivity index (χ2v) is 4.99. The van der Waals surface area contributed by atoms with E-state index in [2.05, 4.69) is 31.5 Å². The number of halogens is 1. The van der Waals surface area contributed by atoms with E-state index in [1.165, 1.54) is 0 Å². The van der Waals surface area contributed by atoms with Crippen LogP contribution in [0.2, 0.25) is 0 Å². The van der Waals surface area contributed by atoms with Crippen molar-refractivity contribution in [3.63, 3.8) is 0 Å². The third-order valence-corrected chi connectivity index (χ3v) is 3.17. The summed E-state index contributed by atoms with van der Waals surface area (Å²) in [5.41, 5.74) is 2.16. The molecule has 0 atom stereocenters. The molecule has 2 N–H and O–H groups in total. The zero-order valence-corrected chi connectivity index (χ0v) is 12.3. The van der Waals surface area contributed by atoms with Crippen LogP contribution in [0.3, 0.4) is 0 Å². The average molecular weight is 320 g/mol. The number of hydrogen-bond donors (Lipinski definition) is 2.